The fourth-order valence-corrected chi connectivity index (χ4v) is 0. The number of hydrogen-bond acceptors (Lipinski definition) is 1. The van der Waals surface area contributed by atoms with Crippen LogP contribution in [0.15, 0.2) is 0 Å². The topological polar surface area (TPSA) is 20.2 Å². The third kappa shape index (κ3) is 21.9. The van der Waals surface area contributed by atoms with E-state index >= 15 is 0 Å². The molecule has 0 aliphatic heterocycles. The summed E-state index contributed by atoms with van der Waals surface area (Å²) in [4.78, 5) is 8.52. The molecule has 0 heterocycles. The largest absolute Gasteiger partial charge is 0.327 e. The van der Waals surface area contributed by atoms with Crippen LogP contribution in [0.2, 0.25) is 0 Å². The quantitative estimate of drug-likeness (QED) is 0.505. The van der Waals surface area contributed by atoms with Gasteiger partial charge >= 0.3 is 1.48 Å². The molecule has 0 radical (unpaired) electrons. The molecule has 0 spiro atoms. The molecule has 0 saturated heterocycles. The fourth-order valence-electron chi connectivity index (χ4n) is 0. The molecule has 0 amide bonds. The highest BCUT2D eigenvalue weighted by molar-refractivity contribution is 14.3. The highest BCUT2D eigenvalue weighted by Crippen LogP contribution is 2.77. The van der Waals surface area contributed by atoms with E-state index in [1.54, 1.807) is 0 Å². The van der Waals surface area contributed by atoms with Crippen LogP contribution in [0.25, 0.3) is 0 Å². The highest BCUT2D eigenvalue weighted by Gasteiger charge is 2.23. The van der Waals surface area contributed by atoms with Gasteiger partial charge in [-0.25, -0.2) is 4.89 Å². The van der Waals surface area contributed by atoms with E-state index < -0.39 is 1.48 Å². The summed E-state index contributed by atoms with van der Waals surface area (Å²) in [6, 6.07) is 0. The molecule has 32 valence electrons. The summed E-state index contributed by atoms with van der Waals surface area (Å²) < 4.78 is -1.64. The molecule has 1 nitrogen and oxygen atoms in total. The summed E-state index contributed by atoms with van der Waals surface area (Å²) in [6.07, 6.45) is 0. The minimum Gasteiger partial charge on any atom is -0.221 e. The van der Waals surface area contributed by atoms with Crippen LogP contribution < -0.4 is 0 Å². The maximum absolute atomic E-state index is 8.52. The van der Waals surface area contributed by atoms with Crippen LogP contribution in [-0.2, 0) is 0 Å². The van der Waals surface area contributed by atoms with E-state index in [1.807, 2.05) is 44.1 Å². The Bertz CT molecular complexity index is 25.1. The molecule has 0 atom stereocenters. The van der Waals surface area contributed by atoms with Gasteiger partial charge in [-0.2, -0.15) is 0 Å². The average Bonchev–Trinajstić information content (AvgIpc) is 0.722. The van der Waals surface area contributed by atoms with Crippen LogP contribution in [0.5, 0.6) is 0 Å². The van der Waals surface area contributed by atoms with Crippen LogP contribution in [-0.4, -0.2) is 4.89 Å². The van der Waals surface area contributed by atoms with E-state index in [2.05, 4.69) is 15.5 Å². The molecule has 0 rings (SSSR count). The second kappa shape index (κ2) is 2.59. The van der Waals surface area contributed by atoms with Gasteiger partial charge in [-0.3, -0.25) is 0 Å². The molecule has 0 bridgehead atoms. The number of hydrogen-bond donors (Lipinski definition) is 1. The van der Waals surface area contributed by atoms with Crippen molar-refractivity contribution in [1.29, 1.82) is 0 Å². The van der Waals surface area contributed by atoms with E-state index in [9.17, 15) is 0 Å². The molecule has 0 aromatic heterocycles. The maximum Gasteiger partial charge on any atom is 0.327 e. The van der Waals surface area contributed by atoms with Crippen LogP contribution in [0.3, 0.4) is 0 Å². The Morgan fingerprint density at radius 2 is 1.60 bits per heavy atom. The van der Waals surface area contributed by atoms with Crippen LogP contribution >= 0.6 is 61.0 Å². The summed E-state index contributed by atoms with van der Waals surface area (Å²) >= 11 is 6.91. The summed E-state index contributed by atoms with van der Waals surface area (Å²) in [6.45, 7) is 0. The van der Waals surface area contributed by atoms with Crippen LogP contribution in [0, 0.1) is 0 Å². The normalized spacial score (nSPS) is 12.0. The fraction of sp³-hybridized carbons (Fsp3) is 0. The minimum atomic E-state index is -1.64. The predicted molar refractivity (Wildman–Crippen MR) is 46.1 cm³/mol. The first-order chi connectivity index (χ1) is 2.00. The lowest BCUT2D eigenvalue weighted by Crippen LogP contribution is -1.38. The second-order valence-corrected chi connectivity index (χ2v) is 26.2. The van der Waals surface area contributed by atoms with Crippen molar-refractivity contribution in [3.8, 4) is 0 Å². The minimum absolute atomic E-state index is 1.64. The van der Waals surface area contributed by atoms with Gasteiger partial charge in [-0.1, -0.05) is 0 Å². The Morgan fingerprint density at radius 3 is 1.60 bits per heavy atom. The Hall–Kier alpha value is 2.33. The molecule has 0 saturated carbocycles. The van der Waals surface area contributed by atoms with E-state index in [4.69, 9.17) is 4.89 Å². The summed E-state index contributed by atoms with van der Waals surface area (Å²) in [7, 11) is 0. The van der Waals surface area contributed by atoms with Crippen molar-refractivity contribution < 1.29 is 4.89 Å². The van der Waals surface area contributed by atoms with E-state index in [-0.39, 0.29) is 0 Å². The zero-order valence-electron chi connectivity index (χ0n) is 2.03. The second-order valence-electron chi connectivity index (χ2n) is 0.418. The lowest BCUT2D eigenvalue weighted by molar-refractivity contribution is 0.657. The first kappa shape index (κ1) is 7.33. The van der Waals surface area contributed by atoms with Crippen molar-refractivity contribution in [3.05, 3.63) is 0 Å². The third-order valence-corrected chi connectivity index (χ3v) is 0. The maximum atomic E-state index is 8.52. The van der Waals surface area contributed by atoms with E-state index in [1.165, 1.54) is 0 Å². The molecule has 0 fully saturated rings. The predicted octanol–water partition coefficient (Wildman–Crippen LogP) is 2.92. The number of halogens is 3. The van der Waals surface area contributed by atoms with Crippen molar-refractivity contribution in [2.45, 2.75) is 0 Å². The molecule has 0 aromatic carbocycles. The molecular weight excluding hydrogens is 381 g/mol. The first-order valence-electron chi connectivity index (χ1n) is 0.707. The summed E-state index contributed by atoms with van der Waals surface area (Å²) in [5, 5.41) is 0. The lowest BCUT2D eigenvalue weighted by Gasteiger charge is -1.80. The Balaban J connectivity index is 3.02. The van der Waals surface area contributed by atoms with Crippen LogP contribution in [0.1, 0.15) is 0 Å². The average molecular weight is 382 g/mol. The lowest BCUT2D eigenvalue weighted by atomic mass is 15.9. The molecule has 5 heteroatoms. The van der Waals surface area contributed by atoms with Crippen molar-refractivity contribution >= 4 is 61.0 Å². The van der Waals surface area contributed by atoms with Crippen molar-refractivity contribution in [3.63, 3.8) is 0 Å². The van der Waals surface area contributed by atoms with Gasteiger partial charge in [0.2, 0.25) is 44.1 Å². The van der Waals surface area contributed by atoms with Gasteiger partial charge < -0.3 is 0 Å². The first-order valence-corrected chi connectivity index (χ1v) is 10.0. The molecule has 0 aliphatic rings. The Morgan fingerprint density at radius 1 is 1.60 bits per heavy atom. The molecule has 1 N–H and O–H groups in total. The van der Waals surface area contributed by atoms with E-state index in [0.717, 1.165) is 0 Å². The van der Waals surface area contributed by atoms with Gasteiger partial charge in [0.1, 0.15) is 0 Å². The number of rotatable bonds is 0. The molecule has 0 aromatic rings. The van der Waals surface area contributed by atoms with Gasteiger partial charge in [0.15, 0.2) is 15.5 Å². The van der Waals surface area contributed by atoms with Gasteiger partial charge in [0.25, 0.3) is 0 Å². The van der Waals surface area contributed by atoms with Gasteiger partial charge in [-0.05, 0) is 0 Å². The standard InChI is InChI=1S/BrHI2OP/c1-5(2,3)4/h4H/q+1. The smallest absolute Gasteiger partial charge is 0.221 e. The van der Waals surface area contributed by atoms with Gasteiger partial charge in [0, 0.05) is 0 Å². The van der Waals surface area contributed by atoms with Crippen molar-refractivity contribution in [1.82, 2.24) is 0 Å². The Labute approximate surface area is 65.0 Å². The molecule has 0 aliphatic carbocycles. The molecular formula is HBrI2OP+. The SMILES string of the molecule is O[P+](Br)(I)I. The highest BCUT2D eigenvalue weighted by atomic mass is 127. The van der Waals surface area contributed by atoms with Gasteiger partial charge in [-0.15, -0.1) is 0 Å². The van der Waals surface area contributed by atoms with Crippen molar-refractivity contribution in [2.24, 2.45) is 0 Å². The third-order valence-electron chi connectivity index (χ3n) is 0. The van der Waals surface area contributed by atoms with E-state index in [0.29, 0.717) is 0 Å². The van der Waals surface area contributed by atoms with Crippen molar-refractivity contribution in [2.75, 3.05) is 0 Å². The molecule has 0 unspecified atom stereocenters. The van der Waals surface area contributed by atoms with Crippen LogP contribution in [0.4, 0.5) is 0 Å². The van der Waals surface area contributed by atoms with Gasteiger partial charge in [0.05, 0.1) is 0 Å². The molecule has 5 heavy (non-hydrogen) atoms. The zero-order valence-corrected chi connectivity index (χ0v) is 8.82. The Kier molecular flexibility index (Phi) is 3.80. The zero-order chi connectivity index (χ0) is 4.50. The monoisotopic (exact) mass is 381 g/mol. The summed E-state index contributed by atoms with van der Waals surface area (Å²) in [5.74, 6) is 0. The summed E-state index contributed by atoms with van der Waals surface area (Å²) in [5.41, 5.74) is 0.